The molecule has 0 bridgehead atoms. The Hall–Kier alpha value is -1.63. The molecule has 0 saturated carbocycles. The topological polar surface area (TPSA) is 35.8 Å². The van der Waals surface area contributed by atoms with Gasteiger partial charge in [-0.05, 0) is 49.4 Å². The van der Waals surface area contributed by atoms with Crippen LogP contribution in [0.15, 0.2) is 30.3 Å². The Morgan fingerprint density at radius 2 is 2.12 bits per heavy atom. The van der Waals surface area contributed by atoms with E-state index in [2.05, 4.69) is 30.4 Å². The van der Waals surface area contributed by atoms with Crippen LogP contribution in [0.1, 0.15) is 16.0 Å². The number of nitriles is 1. The van der Waals surface area contributed by atoms with E-state index in [1.165, 1.54) is 15.3 Å². The Labute approximate surface area is 106 Å². The number of nitrogens with zero attached hydrogens (tertiary/aromatic N) is 1. The van der Waals surface area contributed by atoms with Gasteiger partial charge in [-0.3, -0.25) is 0 Å². The zero-order valence-corrected chi connectivity index (χ0v) is 10.8. The summed E-state index contributed by atoms with van der Waals surface area (Å²) in [5.41, 5.74) is 3.11. The fraction of sp³-hybridized carbons (Fsp3) is 0.214. The molecule has 1 aromatic heterocycles. The third-order valence-corrected chi connectivity index (χ3v) is 3.65. The molecule has 0 aliphatic carbocycles. The molecule has 17 heavy (non-hydrogen) atoms. The van der Waals surface area contributed by atoms with Crippen LogP contribution in [0.4, 0.5) is 0 Å². The number of benzene rings is 1. The van der Waals surface area contributed by atoms with E-state index < -0.39 is 0 Å². The van der Waals surface area contributed by atoms with Crippen LogP contribution in [0, 0.1) is 18.3 Å². The van der Waals surface area contributed by atoms with Crippen LogP contribution in [0.5, 0.6) is 0 Å². The first-order valence-electron chi connectivity index (χ1n) is 5.49. The second-order valence-corrected chi connectivity index (χ2v) is 5.21. The van der Waals surface area contributed by atoms with Crippen molar-refractivity contribution in [2.24, 2.45) is 0 Å². The molecule has 1 N–H and O–H groups in total. The predicted octanol–water partition coefficient (Wildman–Crippen LogP) is 3.31. The third kappa shape index (κ3) is 2.55. The van der Waals surface area contributed by atoms with E-state index in [4.69, 9.17) is 5.26 Å². The minimum absolute atomic E-state index is 0.714. The van der Waals surface area contributed by atoms with Gasteiger partial charge in [0.1, 0.15) is 0 Å². The molecule has 2 rings (SSSR count). The van der Waals surface area contributed by atoms with E-state index in [1.54, 1.807) is 11.3 Å². The standard InChI is InChI=1S/C14H14N2S/c1-10-3-6-14(17-10)13-7-11(8-15)4-5-12(13)9-16-2/h3-7,16H,9H2,1-2H3. The monoisotopic (exact) mass is 242 g/mol. The Kier molecular flexibility index (Phi) is 3.58. The number of hydrogen-bond acceptors (Lipinski definition) is 3. The van der Waals surface area contributed by atoms with Crippen LogP contribution in [-0.2, 0) is 6.54 Å². The van der Waals surface area contributed by atoms with E-state index >= 15 is 0 Å². The van der Waals surface area contributed by atoms with Crippen LogP contribution in [-0.4, -0.2) is 7.05 Å². The Bertz CT molecular complexity index is 564. The maximum atomic E-state index is 8.97. The highest BCUT2D eigenvalue weighted by Crippen LogP contribution is 2.31. The predicted molar refractivity (Wildman–Crippen MR) is 72.0 cm³/mol. The Morgan fingerprint density at radius 1 is 1.29 bits per heavy atom. The van der Waals surface area contributed by atoms with Gasteiger partial charge in [-0.2, -0.15) is 5.26 Å². The summed E-state index contributed by atoms with van der Waals surface area (Å²) in [6.07, 6.45) is 0. The number of thiophene rings is 1. The molecule has 0 radical (unpaired) electrons. The van der Waals surface area contributed by atoms with Gasteiger partial charge in [0.2, 0.25) is 0 Å². The SMILES string of the molecule is CNCc1ccc(C#N)cc1-c1ccc(C)s1. The molecule has 0 amide bonds. The minimum atomic E-state index is 0.714. The molecule has 2 nitrogen and oxygen atoms in total. The van der Waals surface area contributed by atoms with Crippen molar-refractivity contribution in [2.45, 2.75) is 13.5 Å². The van der Waals surface area contributed by atoms with Crippen LogP contribution in [0.3, 0.4) is 0 Å². The van der Waals surface area contributed by atoms with Gasteiger partial charge < -0.3 is 5.32 Å². The van der Waals surface area contributed by atoms with Crippen molar-refractivity contribution in [3.8, 4) is 16.5 Å². The zero-order chi connectivity index (χ0) is 12.3. The van der Waals surface area contributed by atoms with Crippen LogP contribution >= 0.6 is 11.3 Å². The van der Waals surface area contributed by atoms with Crippen molar-refractivity contribution in [3.05, 3.63) is 46.3 Å². The molecule has 0 aliphatic heterocycles. The van der Waals surface area contributed by atoms with Gasteiger partial charge in [-0.15, -0.1) is 11.3 Å². The van der Waals surface area contributed by atoms with Gasteiger partial charge in [0, 0.05) is 16.3 Å². The average Bonchev–Trinajstić information content (AvgIpc) is 2.77. The number of rotatable bonds is 3. The smallest absolute Gasteiger partial charge is 0.0991 e. The first-order chi connectivity index (χ1) is 8.24. The van der Waals surface area contributed by atoms with Crippen molar-refractivity contribution >= 4 is 11.3 Å². The molecule has 0 atom stereocenters. The van der Waals surface area contributed by atoms with Crippen LogP contribution < -0.4 is 5.32 Å². The molecule has 0 spiro atoms. The maximum absolute atomic E-state index is 8.97. The molecule has 2 aromatic rings. The zero-order valence-electron chi connectivity index (χ0n) is 9.95. The summed E-state index contributed by atoms with van der Waals surface area (Å²) in [5.74, 6) is 0. The highest BCUT2D eigenvalue weighted by molar-refractivity contribution is 7.15. The molecular weight excluding hydrogens is 228 g/mol. The summed E-state index contributed by atoms with van der Waals surface area (Å²) in [4.78, 5) is 2.52. The highest BCUT2D eigenvalue weighted by Gasteiger charge is 2.07. The Morgan fingerprint density at radius 3 is 2.71 bits per heavy atom. The normalized spacial score (nSPS) is 10.2. The lowest BCUT2D eigenvalue weighted by atomic mass is 10.0. The van der Waals surface area contributed by atoms with Crippen molar-refractivity contribution in [1.29, 1.82) is 5.26 Å². The van der Waals surface area contributed by atoms with E-state index in [-0.39, 0.29) is 0 Å². The largest absolute Gasteiger partial charge is 0.316 e. The van der Waals surface area contributed by atoms with E-state index in [1.807, 2.05) is 25.2 Å². The van der Waals surface area contributed by atoms with Gasteiger partial charge in [-0.25, -0.2) is 0 Å². The maximum Gasteiger partial charge on any atom is 0.0991 e. The van der Waals surface area contributed by atoms with Crippen molar-refractivity contribution in [2.75, 3.05) is 7.05 Å². The van der Waals surface area contributed by atoms with Gasteiger partial charge >= 0.3 is 0 Å². The summed E-state index contributed by atoms with van der Waals surface area (Å²) in [5, 5.41) is 12.1. The molecule has 0 aliphatic rings. The van der Waals surface area contributed by atoms with Crippen molar-refractivity contribution in [1.82, 2.24) is 5.32 Å². The lowest BCUT2D eigenvalue weighted by Gasteiger charge is -2.07. The molecule has 0 fully saturated rings. The van der Waals surface area contributed by atoms with Gasteiger partial charge in [0.05, 0.1) is 11.6 Å². The highest BCUT2D eigenvalue weighted by atomic mass is 32.1. The minimum Gasteiger partial charge on any atom is -0.316 e. The quantitative estimate of drug-likeness (QED) is 0.896. The van der Waals surface area contributed by atoms with E-state index in [0.717, 1.165) is 12.1 Å². The van der Waals surface area contributed by atoms with Crippen molar-refractivity contribution in [3.63, 3.8) is 0 Å². The molecule has 0 saturated heterocycles. The van der Waals surface area contributed by atoms with Gasteiger partial charge in [-0.1, -0.05) is 6.07 Å². The van der Waals surface area contributed by atoms with E-state index in [9.17, 15) is 0 Å². The summed E-state index contributed by atoms with van der Waals surface area (Å²) in [6.45, 7) is 2.91. The lowest BCUT2D eigenvalue weighted by Crippen LogP contribution is -2.06. The molecular formula is C14H14N2S. The number of nitrogens with one attached hydrogen (secondary N) is 1. The van der Waals surface area contributed by atoms with Crippen LogP contribution in [0.2, 0.25) is 0 Å². The van der Waals surface area contributed by atoms with Crippen molar-refractivity contribution < 1.29 is 0 Å². The lowest BCUT2D eigenvalue weighted by molar-refractivity contribution is 0.819. The Balaban J connectivity index is 2.52. The van der Waals surface area contributed by atoms with Gasteiger partial charge in [0.15, 0.2) is 0 Å². The molecule has 86 valence electrons. The fourth-order valence-electron chi connectivity index (χ4n) is 1.80. The first kappa shape index (κ1) is 11.8. The fourth-order valence-corrected chi connectivity index (χ4v) is 2.72. The van der Waals surface area contributed by atoms with Crippen LogP contribution in [0.25, 0.3) is 10.4 Å². The van der Waals surface area contributed by atoms with Gasteiger partial charge in [0.25, 0.3) is 0 Å². The first-order valence-corrected chi connectivity index (χ1v) is 6.30. The third-order valence-electron chi connectivity index (χ3n) is 2.61. The second kappa shape index (κ2) is 5.13. The molecule has 1 aromatic carbocycles. The molecule has 3 heteroatoms. The summed E-state index contributed by atoms with van der Waals surface area (Å²) in [6, 6.07) is 12.3. The van der Waals surface area contributed by atoms with E-state index in [0.29, 0.717) is 5.56 Å². The number of aryl methyl sites for hydroxylation is 1. The summed E-state index contributed by atoms with van der Waals surface area (Å²) < 4.78 is 0. The molecule has 1 heterocycles. The second-order valence-electron chi connectivity index (χ2n) is 3.92. The summed E-state index contributed by atoms with van der Waals surface area (Å²) >= 11 is 1.76. The summed E-state index contributed by atoms with van der Waals surface area (Å²) in [7, 11) is 1.93. The number of hydrogen-bond donors (Lipinski definition) is 1. The molecule has 0 unspecified atom stereocenters. The average molecular weight is 242 g/mol.